The average Bonchev–Trinajstić information content (AvgIpc) is 3.01. The van der Waals surface area contributed by atoms with Crippen LogP contribution in [0, 0.1) is 6.92 Å². The molecule has 0 atom stereocenters. The number of carbonyl (C=O) groups excluding carboxylic acids is 1. The van der Waals surface area contributed by atoms with Crippen LogP contribution in [0.1, 0.15) is 17.9 Å². The second-order valence-electron chi connectivity index (χ2n) is 6.35. The van der Waals surface area contributed by atoms with Gasteiger partial charge in [0.05, 0.1) is 5.69 Å². The first kappa shape index (κ1) is 17.9. The maximum atomic E-state index is 12.0. The lowest BCUT2D eigenvalue weighted by Crippen LogP contribution is -2.46. The van der Waals surface area contributed by atoms with Crippen molar-refractivity contribution in [2.45, 2.75) is 19.9 Å². The summed E-state index contributed by atoms with van der Waals surface area (Å²) in [7, 11) is 0. The van der Waals surface area contributed by atoms with Crippen LogP contribution >= 0.6 is 11.6 Å². The fraction of sp³-hybridized carbons (Fsp3) is 0.444. The highest BCUT2D eigenvalue weighted by Gasteiger charge is 2.18. The summed E-state index contributed by atoms with van der Waals surface area (Å²) < 4.78 is 5.11. The molecule has 1 saturated heterocycles. The number of anilines is 1. The molecule has 0 aliphatic carbocycles. The van der Waals surface area contributed by atoms with Gasteiger partial charge in [0.2, 0.25) is 5.91 Å². The van der Waals surface area contributed by atoms with Gasteiger partial charge in [-0.3, -0.25) is 9.69 Å². The molecule has 1 aliphatic rings. The smallest absolute Gasteiger partial charge is 0.225 e. The number of carbonyl (C=O) groups is 1. The number of nitrogens with one attached hydrogen (secondary N) is 1. The van der Waals surface area contributed by atoms with Gasteiger partial charge < -0.3 is 14.7 Å². The monoisotopic (exact) mass is 362 g/mol. The molecule has 2 heterocycles. The van der Waals surface area contributed by atoms with E-state index in [9.17, 15) is 4.79 Å². The molecule has 25 heavy (non-hydrogen) atoms. The number of aryl methyl sites for hydroxylation is 1. The lowest BCUT2D eigenvalue weighted by molar-refractivity contribution is -0.116. The zero-order chi connectivity index (χ0) is 17.6. The zero-order valence-corrected chi connectivity index (χ0v) is 15.1. The van der Waals surface area contributed by atoms with Crippen LogP contribution in [0.2, 0.25) is 5.02 Å². The van der Waals surface area contributed by atoms with Gasteiger partial charge >= 0.3 is 0 Å². The number of benzene rings is 1. The first-order valence-corrected chi connectivity index (χ1v) is 8.88. The summed E-state index contributed by atoms with van der Waals surface area (Å²) in [6.07, 6.45) is 0.491. The lowest BCUT2D eigenvalue weighted by Gasteiger charge is -2.34. The van der Waals surface area contributed by atoms with Crippen molar-refractivity contribution in [2.75, 3.05) is 38.0 Å². The Bertz CT molecular complexity index is 693. The highest BCUT2D eigenvalue weighted by atomic mass is 35.5. The van der Waals surface area contributed by atoms with Crippen molar-refractivity contribution in [1.29, 1.82) is 0 Å². The van der Waals surface area contributed by atoms with Crippen LogP contribution in [0.15, 0.2) is 34.9 Å². The van der Waals surface area contributed by atoms with Gasteiger partial charge in [0.25, 0.3) is 0 Å². The van der Waals surface area contributed by atoms with Crippen LogP contribution < -0.4 is 5.32 Å². The van der Waals surface area contributed by atoms with E-state index < -0.39 is 0 Å². The molecule has 1 fully saturated rings. The minimum atomic E-state index is 0.0304. The number of hydrogen-bond donors (Lipinski definition) is 1. The average molecular weight is 363 g/mol. The third-order valence-corrected chi connectivity index (χ3v) is 4.56. The molecule has 0 bridgehead atoms. The fourth-order valence-corrected chi connectivity index (χ4v) is 3.03. The van der Waals surface area contributed by atoms with Gasteiger partial charge in [-0.05, 0) is 31.2 Å². The maximum Gasteiger partial charge on any atom is 0.225 e. The van der Waals surface area contributed by atoms with E-state index in [0.29, 0.717) is 11.4 Å². The van der Waals surface area contributed by atoms with Crippen molar-refractivity contribution < 1.29 is 9.32 Å². The molecule has 134 valence electrons. The number of amides is 1. The van der Waals surface area contributed by atoms with Crippen LogP contribution in [0.3, 0.4) is 0 Å². The molecule has 3 rings (SSSR count). The summed E-state index contributed by atoms with van der Waals surface area (Å²) in [5.41, 5.74) is 1.76. The second-order valence-corrected chi connectivity index (χ2v) is 6.79. The van der Waals surface area contributed by atoms with Gasteiger partial charge in [-0.15, -0.1) is 0 Å². The Labute approximate surface area is 152 Å². The Hall–Kier alpha value is -1.89. The third-order valence-electron chi connectivity index (χ3n) is 4.31. The molecule has 2 aromatic rings. The maximum absolute atomic E-state index is 12.0. The Morgan fingerprint density at radius 2 is 1.88 bits per heavy atom. The highest BCUT2D eigenvalue weighted by molar-refractivity contribution is 6.30. The molecule has 1 aromatic heterocycles. The van der Waals surface area contributed by atoms with Crippen molar-refractivity contribution in [1.82, 2.24) is 15.0 Å². The predicted molar refractivity (Wildman–Crippen MR) is 97.7 cm³/mol. The molecule has 1 N–H and O–H groups in total. The van der Waals surface area contributed by atoms with E-state index in [2.05, 4.69) is 20.3 Å². The van der Waals surface area contributed by atoms with E-state index in [1.165, 1.54) is 0 Å². The van der Waals surface area contributed by atoms with Gasteiger partial charge in [-0.1, -0.05) is 16.8 Å². The Morgan fingerprint density at radius 1 is 1.20 bits per heavy atom. The molecule has 1 amide bonds. The molecule has 7 heteroatoms. The van der Waals surface area contributed by atoms with Crippen LogP contribution in [0.5, 0.6) is 0 Å². The molecular formula is C18H23ClN4O2. The lowest BCUT2D eigenvalue weighted by atomic mass is 10.2. The van der Waals surface area contributed by atoms with E-state index >= 15 is 0 Å². The van der Waals surface area contributed by atoms with Crippen molar-refractivity contribution >= 4 is 23.2 Å². The van der Waals surface area contributed by atoms with Crippen LogP contribution in [0.4, 0.5) is 5.69 Å². The van der Waals surface area contributed by atoms with Crippen LogP contribution in [-0.4, -0.2) is 53.6 Å². The number of hydrogen-bond acceptors (Lipinski definition) is 5. The normalized spacial score (nSPS) is 16.1. The number of rotatable bonds is 6. The standard InChI is InChI=1S/C18H23ClN4O2/c1-14-12-17(21-25-14)13-23-10-8-22(9-11-23)7-6-18(24)20-16-4-2-15(19)3-5-16/h2-5,12H,6-11,13H2,1H3,(H,20,24). The third kappa shape index (κ3) is 5.56. The van der Waals surface area contributed by atoms with E-state index in [-0.39, 0.29) is 5.91 Å². The fourth-order valence-electron chi connectivity index (χ4n) is 2.91. The van der Waals surface area contributed by atoms with Gasteiger partial charge in [-0.25, -0.2) is 0 Å². The molecular weight excluding hydrogens is 340 g/mol. The molecule has 0 saturated carbocycles. The molecule has 1 aromatic carbocycles. The number of nitrogens with zero attached hydrogens (tertiary/aromatic N) is 3. The quantitative estimate of drug-likeness (QED) is 0.856. The Balaban J connectivity index is 1.36. The zero-order valence-electron chi connectivity index (χ0n) is 14.4. The number of aromatic nitrogens is 1. The topological polar surface area (TPSA) is 61.6 Å². The van der Waals surface area contributed by atoms with E-state index in [1.54, 1.807) is 12.1 Å². The van der Waals surface area contributed by atoms with Crippen LogP contribution in [-0.2, 0) is 11.3 Å². The summed E-state index contributed by atoms with van der Waals surface area (Å²) in [6.45, 7) is 7.38. The molecule has 0 radical (unpaired) electrons. The summed E-state index contributed by atoms with van der Waals surface area (Å²) >= 11 is 5.84. The first-order valence-electron chi connectivity index (χ1n) is 8.51. The molecule has 6 nitrogen and oxygen atoms in total. The van der Waals surface area contributed by atoms with Gasteiger partial charge in [-0.2, -0.15) is 0 Å². The van der Waals surface area contributed by atoms with E-state index in [1.807, 2.05) is 25.1 Å². The SMILES string of the molecule is Cc1cc(CN2CCN(CCC(=O)Nc3ccc(Cl)cc3)CC2)no1. The summed E-state index contributed by atoms with van der Waals surface area (Å²) in [4.78, 5) is 16.7. The van der Waals surface area contributed by atoms with Crippen molar-refractivity contribution in [3.8, 4) is 0 Å². The molecule has 1 aliphatic heterocycles. The Morgan fingerprint density at radius 3 is 2.52 bits per heavy atom. The number of piperazine rings is 1. The summed E-state index contributed by atoms with van der Waals surface area (Å²) in [5, 5.41) is 7.60. The largest absolute Gasteiger partial charge is 0.361 e. The summed E-state index contributed by atoms with van der Waals surface area (Å²) in [5.74, 6) is 0.878. The van der Waals surface area contributed by atoms with E-state index in [4.69, 9.17) is 16.1 Å². The second kappa shape index (κ2) is 8.47. The van der Waals surface area contributed by atoms with Crippen LogP contribution in [0.25, 0.3) is 0 Å². The van der Waals surface area contributed by atoms with Crippen molar-refractivity contribution in [3.05, 3.63) is 46.8 Å². The first-order chi connectivity index (χ1) is 12.1. The van der Waals surface area contributed by atoms with Gasteiger partial charge in [0.1, 0.15) is 5.76 Å². The highest BCUT2D eigenvalue weighted by Crippen LogP contribution is 2.14. The minimum Gasteiger partial charge on any atom is -0.361 e. The molecule has 0 unspecified atom stereocenters. The van der Waals surface area contributed by atoms with Gasteiger partial charge in [0.15, 0.2) is 0 Å². The van der Waals surface area contributed by atoms with Crippen molar-refractivity contribution in [2.24, 2.45) is 0 Å². The van der Waals surface area contributed by atoms with Gasteiger partial charge in [0, 0.05) is 62.5 Å². The number of halogens is 1. The van der Waals surface area contributed by atoms with Crippen molar-refractivity contribution in [3.63, 3.8) is 0 Å². The molecule has 0 spiro atoms. The summed E-state index contributed by atoms with van der Waals surface area (Å²) in [6, 6.07) is 9.14. The Kier molecular flexibility index (Phi) is 6.07. The predicted octanol–water partition coefficient (Wildman–Crippen LogP) is 2.78. The van der Waals surface area contributed by atoms with E-state index in [0.717, 1.165) is 56.4 Å². The minimum absolute atomic E-state index is 0.0304.